The third-order valence-electron chi connectivity index (χ3n) is 5.96. The number of anilines is 3. The van der Waals surface area contributed by atoms with E-state index in [0.717, 1.165) is 50.3 Å². The van der Waals surface area contributed by atoms with Gasteiger partial charge in [0, 0.05) is 25.3 Å². The molecule has 0 atom stereocenters. The molecule has 0 unspecified atom stereocenters. The fraction of sp³-hybridized carbons (Fsp3) is 0.400. The molecule has 1 saturated heterocycles. The molecular formula is C20H21N5O3. The topological polar surface area (TPSA) is 88.5 Å². The van der Waals surface area contributed by atoms with Gasteiger partial charge >= 0.3 is 5.69 Å². The summed E-state index contributed by atoms with van der Waals surface area (Å²) in [6.45, 7) is 4.63. The van der Waals surface area contributed by atoms with Crippen LogP contribution in [0.3, 0.4) is 0 Å². The van der Waals surface area contributed by atoms with Gasteiger partial charge in [0.2, 0.25) is 5.52 Å². The third-order valence-corrected chi connectivity index (χ3v) is 5.96. The summed E-state index contributed by atoms with van der Waals surface area (Å²) < 4.78 is 4.95. The van der Waals surface area contributed by atoms with Crippen LogP contribution in [-0.4, -0.2) is 34.9 Å². The highest BCUT2D eigenvalue weighted by atomic mass is 16.6. The minimum absolute atomic E-state index is 0.0120. The number of piperidine rings is 1. The van der Waals surface area contributed by atoms with E-state index in [1.165, 1.54) is 5.56 Å². The van der Waals surface area contributed by atoms with Crippen molar-refractivity contribution < 1.29 is 9.55 Å². The average Bonchev–Trinajstić information content (AvgIpc) is 3.34. The Bertz CT molecular complexity index is 1060. The zero-order chi connectivity index (χ0) is 19.3. The summed E-state index contributed by atoms with van der Waals surface area (Å²) in [7, 11) is 0. The molecule has 1 fully saturated rings. The Kier molecular flexibility index (Phi) is 3.92. The van der Waals surface area contributed by atoms with Crippen LogP contribution in [0.2, 0.25) is 0 Å². The predicted octanol–water partition coefficient (Wildman–Crippen LogP) is 4.06. The molecular weight excluding hydrogens is 358 g/mol. The number of hydrogen-bond acceptors (Lipinski definition) is 7. The van der Waals surface area contributed by atoms with Crippen LogP contribution in [0.5, 0.6) is 0 Å². The van der Waals surface area contributed by atoms with Gasteiger partial charge in [0.25, 0.3) is 0 Å². The number of para-hydroxylation sites is 1. The van der Waals surface area contributed by atoms with Gasteiger partial charge < -0.3 is 9.80 Å². The Morgan fingerprint density at radius 3 is 2.61 bits per heavy atom. The summed E-state index contributed by atoms with van der Waals surface area (Å²) in [4.78, 5) is 15.8. The molecule has 1 aromatic heterocycles. The molecule has 2 aliphatic heterocycles. The van der Waals surface area contributed by atoms with Crippen LogP contribution >= 0.6 is 0 Å². The molecule has 0 N–H and O–H groups in total. The minimum atomic E-state index is -0.360. The molecule has 0 spiro atoms. The summed E-state index contributed by atoms with van der Waals surface area (Å²) in [5.41, 5.74) is 4.46. The highest BCUT2D eigenvalue weighted by molar-refractivity contribution is 6.01. The van der Waals surface area contributed by atoms with E-state index < -0.39 is 0 Å². The lowest BCUT2D eigenvalue weighted by Gasteiger charge is -2.32. The molecule has 5 rings (SSSR count). The maximum absolute atomic E-state index is 11.9. The fourth-order valence-electron chi connectivity index (χ4n) is 4.36. The molecule has 0 saturated carbocycles. The molecule has 2 aromatic carbocycles. The zero-order valence-electron chi connectivity index (χ0n) is 15.7. The lowest BCUT2D eigenvalue weighted by Crippen LogP contribution is -2.33. The van der Waals surface area contributed by atoms with Crippen molar-refractivity contribution in [3.63, 3.8) is 0 Å². The Hall–Kier alpha value is -3.16. The largest absolute Gasteiger partial charge is 0.366 e. The molecule has 3 heterocycles. The number of aromatic nitrogens is 2. The van der Waals surface area contributed by atoms with Crippen molar-refractivity contribution in [3.05, 3.63) is 46.0 Å². The second-order valence-corrected chi connectivity index (χ2v) is 7.68. The van der Waals surface area contributed by atoms with Gasteiger partial charge in [-0.1, -0.05) is 25.1 Å². The van der Waals surface area contributed by atoms with Gasteiger partial charge in [-0.3, -0.25) is 10.1 Å². The molecule has 0 radical (unpaired) electrons. The SMILES string of the molecule is CC1CCN(c2cc(N3CCc4ccccc43)c3nonc3c2[N+](=O)[O-])CC1. The molecule has 0 bridgehead atoms. The first kappa shape index (κ1) is 17.0. The minimum Gasteiger partial charge on any atom is -0.366 e. The molecule has 8 heteroatoms. The van der Waals surface area contributed by atoms with Crippen molar-refractivity contribution in [2.24, 2.45) is 5.92 Å². The molecule has 2 aliphatic rings. The third kappa shape index (κ3) is 2.59. The van der Waals surface area contributed by atoms with E-state index in [1.54, 1.807) is 0 Å². The number of benzene rings is 2. The first-order valence-corrected chi connectivity index (χ1v) is 9.67. The normalized spacial score (nSPS) is 17.3. The van der Waals surface area contributed by atoms with Crippen LogP contribution in [0.4, 0.5) is 22.7 Å². The number of hydrogen-bond donors (Lipinski definition) is 0. The van der Waals surface area contributed by atoms with E-state index >= 15 is 0 Å². The average molecular weight is 379 g/mol. The van der Waals surface area contributed by atoms with Gasteiger partial charge in [0.15, 0.2) is 5.52 Å². The van der Waals surface area contributed by atoms with Gasteiger partial charge in [-0.25, -0.2) is 4.63 Å². The van der Waals surface area contributed by atoms with E-state index in [2.05, 4.69) is 39.2 Å². The van der Waals surface area contributed by atoms with Gasteiger partial charge in [0.1, 0.15) is 5.69 Å². The second-order valence-electron chi connectivity index (χ2n) is 7.68. The highest BCUT2D eigenvalue weighted by Crippen LogP contribution is 2.45. The van der Waals surface area contributed by atoms with Crippen LogP contribution in [-0.2, 0) is 6.42 Å². The standard InChI is InChI=1S/C20H21N5O3/c1-13-6-9-23(10-7-13)17-12-16(18-19(22-28-21-18)20(17)25(26)27)24-11-8-14-4-2-3-5-15(14)24/h2-5,12-13H,6-11H2,1H3. The predicted molar refractivity (Wildman–Crippen MR) is 106 cm³/mol. The molecule has 28 heavy (non-hydrogen) atoms. The maximum atomic E-state index is 11.9. The van der Waals surface area contributed by atoms with E-state index in [-0.39, 0.29) is 16.1 Å². The van der Waals surface area contributed by atoms with Crippen LogP contribution in [0, 0.1) is 16.0 Å². The van der Waals surface area contributed by atoms with Crippen molar-refractivity contribution >= 4 is 33.8 Å². The van der Waals surface area contributed by atoms with Crippen molar-refractivity contribution in [2.75, 3.05) is 29.4 Å². The summed E-state index contributed by atoms with van der Waals surface area (Å²) in [6.07, 6.45) is 2.97. The lowest BCUT2D eigenvalue weighted by molar-refractivity contribution is -0.382. The fourth-order valence-corrected chi connectivity index (χ4v) is 4.36. The molecule has 8 nitrogen and oxygen atoms in total. The molecule has 144 valence electrons. The molecule has 0 amide bonds. The van der Waals surface area contributed by atoms with Crippen LogP contribution in [0.15, 0.2) is 35.0 Å². The van der Waals surface area contributed by atoms with Crippen LogP contribution in [0.1, 0.15) is 25.3 Å². The molecule has 0 aliphatic carbocycles. The van der Waals surface area contributed by atoms with Crippen molar-refractivity contribution in [1.82, 2.24) is 10.3 Å². The highest BCUT2D eigenvalue weighted by Gasteiger charge is 2.33. The number of fused-ring (bicyclic) bond motifs is 2. The van der Waals surface area contributed by atoms with Crippen molar-refractivity contribution in [2.45, 2.75) is 26.2 Å². The number of nitrogens with zero attached hydrogens (tertiary/aromatic N) is 5. The van der Waals surface area contributed by atoms with Gasteiger partial charge in [-0.05, 0) is 53.2 Å². The van der Waals surface area contributed by atoms with Crippen LogP contribution in [0.25, 0.3) is 11.0 Å². The smallest absolute Gasteiger partial charge is 0.323 e. The lowest BCUT2D eigenvalue weighted by atomic mass is 9.98. The number of nitro groups is 1. The van der Waals surface area contributed by atoms with E-state index in [4.69, 9.17) is 4.63 Å². The Balaban J connectivity index is 1.69. The van der Waals surface area contributed by atoms with E-state index in [0.29, 0.717) is 17.1 Å². The molecule has 3 aromatic rings. The first-order chi connectivity index (χ1) is 13.6. The monoisotopic (exact) mass is 379 g/mol. The summed E-state index contributed by atoms with van der Waals surface area (Å²) >= 11 is 0. The number of rotatable bonds is 3. The summed E-state index contributed by atoms with van der Waals surface area (Å²) in [6, 6.07) is 10.1. The quantitative estimate of drug-likeness (QED) is 0.501. The maximum Gasteiger partial charge on any atom is 0.323 e. The second kappa shape index (κ2) is 6.47. The Labute approximate surface area is 161 Å². The van der Waals surface area contributed by atoms with E-state index in [9.17, 15) is 10.1 Å². The number of nitro benzene ring substituents is 1. The van der Waals surface area contributed by atoms with E-state index in [1.807, 2.05) is 18.2 Å². The van der Waals surface area contributed by atoms with Crippen molar-refractivity contribution in [3.8, 4) is 0 Å². The van der Waals surface area contributed by atoms with Gasteiger partial charge in [0.05, 0.1) is 10.6 Å². The Morgan fingerprint density at radius 1 is 1.07 bits per heavy atom. The van der Waals surface area contributed by atoms with Gasteiger partial charge in [-0.2, -0.15) is 0 Å². The zero-order valence-corrected chi connectivity index (χ0v) is 15.7. The summed E-state index contributed by atoms with van der Waals surface area (Å²) in [5.74, 6) is 0.637. The first-order valence-electron chi connectivity index (χ1n) is 9.67. The Morgan fingerprint density at radius 2 is 1.82 bits per heavy atom. The van der Waals surface area contributed by atoms with Crippen molar-refractivity contribution in [1.29, 1.82) is 0 Å². The van der Waals surface area contributed by atoms with Gasteiger partial charge in [-0.15, -0.1) is 0 Å². The summed E-state index contributed by atoms with van der Waals surface area (Å²) in [5, 5.41) is 19.9. The van der Waals surface area contributed by atoms with Crippen LogP contribution < -0.4 is 9.80 Å².